The van der Waals surface area contributed by atoms with Crippen molar-refractivity contribution in [1.29, 1.82) is 0 Å². The SMILES string of the molecule is Cc1ccc2c(c1)nc(CCCl)n2CCc1nccs1. The Kier molecular flexibility index (Phi) is 4.03. The second-order valence-corrected chi connectivity index (χ2v) is 6.14. The first-order valence-electron chi connectivity index (χ1n) is 6.68. The average molecular weight is 306 g/mol. The Morgan fingerprint density at radius 1 is 1.30 bits per heavy atom. The van der Waals surface area contributed by atoms with Crippen molar-refractivity contribution in [3.05, 3.63) is 46.2 Å². The van der Waals surface area contributed by atoms with E-state index in [-0.39, 0.29) is 0 Å². The first-order valence-corrected chi connectivity index (χ1v) is 8.09. The van der Waals surface area contributed by atoms with Crippen LogP contribution in [-0.2, 0) is 19.4 Å². The maximum absolute atomic E-state index is 5.90. The number of hydrogen-bond donors (Lipinski definition) is 0. The van der Waals surface area contributed by atoms with Crippen LogP contribution in [0, 0.1) is 6.92 Å². The van der Waals surface area contributed by atoms with Crippen LogP contribution in [0.1, 0.15) is 16.4 Å². The molecule has 0 N–H and O–H groups in total. The number of hydrogen-bond acceptors (Lipinski definition) is 3. The molecule has 5 heteroatoms. The highest BCUT2D eigenvalue weighted by Crippen LogP contribution is 2.19. The van der Waals surface area contributed by atoms with E-state index in [1.165, 1.54) is 11.1 Å². The number of nitrogens with zero attached hydrogens (tertiary/aromatic N) is 3. The van der Waals surface area contributed by atoms with Gasteiger partial charge in [0.1, 0.15) is 5.82 Å². The molecule has 0 aliphatic carbocycles. The molecule has 2 heterocycles. The Morgan fingerprint density at radius 2 is 2.20 bits per heavy atom. The summed E-state index contributed by atoms with van der Waals surface area (Å²) < 4.78 is 2.28. The molecule has 3 aromatic rings. The third-order valence-corrected chi connectivity index (χ3v) is 4.36. The molecule has 0 amide bonds. The lowest BCUT2D eigenvalue weighted by molar-refractivity contribution is 0.673. The van der Waals surface area contributed by atoms with E-state index in [0.717, 1.165) is 35.7 Å². The van der Waals surface area contributed by atoms with Crippen molar-refractivity contribution < 1.29 is 0 Å². The number of alkyl halides is 1. The Balaban J connectivity index is 1.95. The molecule has 0 saturated heterocycles. The van der Waals surface area contributed by atoms with E-state index >= 15 is 0 Å². The van der Waals surface area contributed by atoms with Crippen LogP contribution in [0.5, 0.6) is 0 Å². The molecule has 0 bridgehead atoms. The van der Waals surface area contributed by atoms with Gasteiger partial charge < -0.3 is 4.57 Å². The molecule has 0 aliphatic heterocycles. The first-order chi connectivity index (χ1) is 9.78. The van der Waals surface area contributed by atoms with Gasteiger partial charge in [0.25, 0.3) is 0 Å². The van der Waals surface area contributed by atoms with E-state index in [1.807, 2.05) is 11.6 Å². The molecular formula is C15H16ClN3S. The van der Waals surface area contributed by atoms with Gasteiger partial charge in [-0.25, -0.2) is 9.97 Å². The number of rotatable bonds is 5. The predicted octanol–water partition coefficient (Wildman–Crippen LogP) is 3.83. The van der Waals surface area contributed by atoms with Gasteiger partial charge in [-0.05, 0) is 24.6 Å². The molecule has 2 aromatic heterocycles. The summed E-state index contributed by atoms with van der Waals surface area (Å²) in [7, 11) is 0. The van der Waals surface area contributed by atoms with Crippen molar-refractivity contribution in [3.8, 4) is 0 Å². The molecule has 20 heavy (non-hydrogen) atoms. The Hall–Kier alpha value is -1.39. The minimum absolute atomic E-state index is 0.597. The molecule has 1 aromatic carbocycles. The van der Waals surface area contributed by atoms with Crippen LogP contribution in [0.15, 0.2) is 29.8 Å². The largest absolute Gasteiger partial charge is 0.328 e. The molecule has 104 valence electrons. The number of imidazole rings is 1. The molecule has 0 spiro atoms. The van der Waals surface area contributed by atoms with Gasteiger partial charge in [0.15, 0.2) is 0 Å². The first kappa shape index (κ1) is 13.6. The fourth-order valence-corrected chi connectivity index (χ4v) is 3.18. The van der Waals surface area contributed by atoms with Gasteiger partial charge in [0.2, 0.25) is 0 Å². The standard InChI is InChI=1S/C15H16ClN3S/c1-11-2-3-13-12(10-11)18-14(4-6-16)19(13)8-5-15-17-7-9-20-15/h2-3,7,9-10H,4-6,8H2,1H3. The Morgan fingerprint density at radius 3 is 2.95 bits per heavy atom. The summed E-state index contributed by atoms with van der Waals surface area (Å²) in [5.41, 5.74) is 3.48. The van der Waals surface area contributed by atoms with Crippen molar-refractivity contribution in [2.45, 2.75) is 26.3 Å². The summed E-state index contributed by atoms with van der Waals surface area (Å²) in [4.78, 5) is 9.07. The lowest BCUT2D eigenvalue weighted by Gasteiger charge is -2.07. The van der Waals surface area contributed by atoms with Crippen LogP contribution in [0.4, 0.5) is 0 Å². The highest BCUT2D eigenvalue weighted by molar-refractivity contribution is 7.09. The molecule has 3 rings (SSSR count). The Labute approximate surface area is 127 Å². The second-order valence-electron chi connectivity index (χ2n) is 4.79. The summed E-state index contributed by atoms with van der Waals surface area (Å²) >= 11 is 7.60. The number of benzene rings is 1. The predicted molar refractivity (Wildman–Crippen MR) is 84.7 cm³/mol. The topological polar surface area (TPSA) is 30.7 Å². The van der Waals surface area contributed by atoms with Crippen LogP contribution in [0.2, 0.25) is 0 Å². The third-order valence-electron chi connectivity index (χ3n) is 3.33. The van der Waals surface area contributed by atoms with E-state index in [0.29, 0.717) is 5.88 Å². The van der Waals surface area contributed by atoms with Crippen LogP contribution in [0.25, 0.3) is 11.0 Å². The average Bonchev–Trinajstić information content (AvgIpc) is 3.04. The van der Waals surface area contributed by atoms with Gasteiger partial charge in [-0.3, -0.25) is 0 Å². The minimum Gasteiger partial charge on any atom is -0.328 e. The molecule has 0 radical (unpaired) electrons. The van der Waals surface area contributed by atoms with Crippen molar-refractivity contribution in [2.24, 2.45) is 0 Å². The number of aryl methyl sites for hydroxylation is 4. The van der Waals surface area contributed by atoms with E-state index in [4.69, 9.17) is 16.6 Å². The second kappa shape index (κ2) is 5.94. The highest BCUT2D eigenvalue weighted by Gasteiger charge is 2.11. The zero-order chi connectivity index (χ0) is 13.9. The molecule has 0 unspecified atom stereocenters. The van der Waals surface area contributed by atoms with Crippen LogP contribution in [-0.4, -0.2) is 20.4 Å². The van der Waals surface area contributed by atoms with Gasteiger partial charge in [-0.1, -0.05) is 6.07 Å². The summed E-state index contributed by atoms with van der Waals surface area (Å²) in [6, 6.07) is 6.42. The zero-order valence-corrected chi connectivity index (χ0v) is 12.9. The van der Waals surface area contributed by atoms with E-state index in [1.54, 1.807) is 11.3 Å². The number of halogens is 1. The summed E-state index contributed by atoms with van der Waals surface area (Å²) in [6.45, 7) is 2.99. The van der Waals surface area contributed by atoms with Crippen molar-refractivity contribution >= 4 is 34.0 Å². The molecule has 3 nitrogen and oxygen atoms in total. The van der Waals surface area contributed by atoms with Crippen LogP contribution in [0.3, 0.4) is 0 Å². The molecule has 0 aliphatic rings. The molecule has 0 saturated carbocycles. The smallest absolute Gasteiger partial charge is 0.111 e. The van der Waals surface area contributed by atoms with Crippen molar-refractivity contribution in [1.82, 2.24) is 14.5 Å². The maximum atomic E-state index is 5.90. The molecular weight excluding hydrogens is 290 g/mol. The monoisotopic (exact) mass is 305 g/mol. The number of aromatic nitrogens is 3. The van der Waals surface area contributed by atoms with Gasteiger partial charge >= 0.3 is 0 Å². The van der Waals surface area contributed by atoms with Crippen molar-refractivity contribution in [3.63, 3.8) is 0 Å². The fraction of sp³-hybridized carbons (Fsp3) is 0.333. The third kappa shape index (κ3) is 2.72. The summed E-state index contributed by atoms with van der Waals surface area (Å²) in [5, 5.41) is 3.18. The summed E-state index contributed by atoms with van der Waals surface area (Å²) in [6.07, 6.45) is 3.59. The maximum Gasteiger partial charge on any atom is 0.111 e. The quantitative estimate of drug-likeness (QED) is 0.671. The van der Waals surface area contributed by atoms with E-state index in [2.05, 4.69) is 34.7 Å². The van der Waals surface area contributed by atoms with E-state index in [9.17, 15) is 0 Å². The van der Waals surface area contributed by atoms with Gasteiger partial charge in [0.05, 0.1) is 16.0 Å². The van der Waals surface area contributed by atoms with Gasteiger partial charge in [0, 0.05) is 36.8 Å². The van der Waals surface area contributed by atoms with Crippen LogP contribution < -0.4 is 0 Å². The van der Waals surface area contributed by atoms with Crippen LogP contribution >= 0.6 is 22.9 Å². The normalized spacial score (nSPS) is 11.3. The van der Waals surface area contributed by atoms with E-state index < -0.39 is 0 Å². The minimum atomic E-state index is 0.597. The van der Waals surface area contributed by atoms with Gasteiger partial charge in [-0.15, -0.1) is 22.9 Å². The number of fused-ring (bicyclic) bond motifs is 1. The Bertz CT molecular complexity index is 703. The molecule has 0 atom stereocenters. The van der Waals surface area contributed by atoms with Gasteiger partial charge in [-0.2, -0.15) is 0 Å². The van der Waals surface area contributed by atoms with Crippen molar-refractivity contribution in [2.75, 3.05) is 5.88 Å². The lowest BCUT2D eigenvalue weighted by Crippen LogP contribution is -2.07. The summed E-state index contributed by atoms with van der Waals surface area (Å²) in [5.74, 6) is 1.66. The number of thiazole rings is 1. The fourth-order valence-electron chi connectivity index (χ4n) is 2.40. The highest BCUT2D eigenvalue weighted by atomic mass is 35.5. The zero-order valence-electron chi connectivity index (χ0n) is 11.3. The molecule has 0 fully saturated rings. The lowest BCUT2D eigenvalue weighted by atomic mass is 10.2.